The second-order valence-corrected chi connectivity index (χ2v) is 7.04. The lowest BCUT2D eigenvalue weighted by Gasteiger charge is -2.15. The highest BCUT2D eigenvalue weighted by atomic mass is 16.1. The molecule has 1 saturated heterocycles. The van der Waals surface area contributed by atoms with Crippen LogP contribution in [0.25, 0.3) is 21.9 Å². The van der Waals surface area contributed by atoms with E-state index >= 15 is 0 Å². The van der Waals surface area contributed by atoms with E-state index in [2.05, 4.69) is 20.6 Å². The van der Waals surface area contributed by atoms with Crippen molar-refractivity contribution in [1.82, 2.24) is 20.6 Å². The number of nitrogens with one attached hydrogen (secondary N) is 2. The second kappa shape index (κ2) is 7.32. The topological polar surface area (TPSA) is 70.2 Å². The summed E-state index contributed by atoms with van der Waals surface area (Å²) in [6.07, 6.45) is 4.62. The fourth-order valence-corrected chi connectivity index (χ4v) is 3.48. The molecule has 1 aliphatic heterocycles. The van der Waals surface area contributed by atoms with Crippen molar-refractivity contribution in [3.05, 3.63) is 54.4 Å². The number of benzene rings is 2. The molecule has 6 nitrogen and oxygen atoms in total. The third kappa shape index (κ3) is 3.48. The third-order valence-corrected chi connectivity index (χ3v) is 4.91. The minimum absolute atomic E-state index is 0.0225. The van der Waals surface area contributed by atoms with Gasteiger partial charge in [-0.1, -0.05) is 30.3 Å². The van der Waals surface area contributed by atoms with Gasteiger partial charge in [0.05, 0.1) is 0 Å². The summed E-state index contributed by atoms with van der Waals surface area (Å²) in [5.41, 5.74) is 2.66. The van der Waals surface area contributed by atoms with E-state index < -0.39 is 0 Å². The van der Waals surface area contributed by atoms with Gasteiger partial charge in [-0.15, -0.1) is 0 Å². The van der Waals surface area contributed by atoms with Crippen LogP contribution in [-0.4, -0.2) is 49.1 Å². The van der Waals surface area contributed by atoms with E-state index in [9.17, 15) is 4.79 Å². The summed E-state index contributed by atoms with van der Waals surface area (Å²) in [5.74, 6) is 0.648. The van der Waals surface area contributed by atoms with E-state index in [4.69, 9.17) is 0 Å². The summed E-state index contributed by atoms with van der Waals surface area (Å²) in [6, 6.07) is 12.1. The lowest BCUT2D eigenvalue weighted by molar-refractivity contribution is 0.0942. The van der Waals surface area contributed by atoms with Gasteiger partial charge in [-0.3, -0.25) is 4.79 Å². The normalized spacial score (nSPS) is 16.4. The zero-order valence-electron chi connectivity index (χ0n) is 15.6. The summed E-state index contributed by atoms with van der Waals surface area (Å²) in [6.45, 7) is 1.78. The summed E-state index contributed by atoms with van der Waals surface area (Å²) < 4.78 is 0. The van der Waals surface area contributed by atoms with E-state index in [-0.39, 0.29) is 11.9 Å². The molecule has 2 heterocycles. The molecular formula is C21H23N5O. The quantitative estimate of drug-likeness (QED) is 0.747. The molecule has 2 N–H and O–H groups in total. The molecule has 0 aliphatic carbocycles. The van der Waals surface area contributed by atoms with E-state index in [1.54, 1.807) is 0 Å². The highest BCUT2D eigenvalue weighted by Gasteiger charge is 2.19. The van der Waals surface area contributed by atoms with Crippen molar-refractivity contribution < 1.29 is 4.79 Å². The van der Waals surface area contributed by atoms with Crippen molar-refractivity contribution in [2.24, 2.45) is 0 Å². The third-order valence-electron chi connectivity index (χ3n) is 4.91. The summed E-state index contributed by atoms with van der Waals surface area (Å²) in [7, 11) is 3.83. The average Bonchev–Trinajstić information content (AvgIpc) is 3.20. The monoisotopic (exact) mass is 361 g/mol. The van der Waals surface area contributed by atoms with Gasteiger partial charge in [0.2, 0.25) is 5.95 Å². The SMILES string of the molecule is CN(C)c1ncc(-c2ccc(C(=O)N[C@H]3CCNC3)c3ccccc23)cn1. The maximum Gasteiger partial charge on any atom is 0.252 e. The van der Waals surface area contributed by atoms with Crippen LogP contribution in [0.5, 0.6) is 0 Å². The van der Waals surface area contributed by atoms with Gasteiger partial charge in [0.25, 0.3) is 5.91 Å². The van der Waals surface area contributed by atoms with Crippen LogP contribution in [-0.2, 0) is 0 Å². The average molecular weight is 361 g/mol. The molecule has 3 aromatic rings. The maximum atomic E-state index is 12.8. The molecule has 0 saturated carbocycles. The lowest BCUT2D eigenvalue weighted by Crippen LogP contribution is -2.36. The molecule has 1 fully saturated rings. The highest BCUT2D eigenvalue weighted by Crippen LogP contribution is 2.30. The standard InChI is InChI=1S/C21H23N5O/c1-26(2)21-23-11-14(12-24-21)16-7-8-19(18-6-4-3-5-17(16)18)20(27)25-15-9-10-22-13-15/h3-8,11-12,15,22H,9-10,13H2,1-2H3,(H,25,27)/t15-/m0/s1. The summed E-state index contributed by atoms with van der Waals surface area (Å²) >= 11 is 0. The Morgan fingerprint density at radius 2 is 1.85 bits per heavy atom. The van der Waals surface area contributed by atoms with Crippen LogP contribution in [0.1, 0.15) is 16.8 Å². The van der Waals surface area contributed by atoms with Crippen LogP contribution in [0.15, 0.2) is 48.8 Å². The molecule has 1 aliphatic rings. The van der Waals surface area contributed by atoms with Gasteiger partial charge in [0, 0.05) is 50.2 Å². The molecule has 138 valence electrons. The van der Waals surface area contributed by atoms with E-state index in [0.717, 1.165) is 41.4 Å². The number of rotatable bonds is 4. The van der Waals surface area contributed by atoms with Crippen LogP contribution in [0, 0.1) is 0 Å². The Labute approximate surface area is 158 Å². The van der Waals surface area contributed by atoms with Crippen LogP contribution in [0.2, 0.25) is 0 Å². The van der Waals surface area contributed by atoms with Gasteiger partial charge in [0.1, 0.15) is 0 Å². The lowest BCUT2D eigenvalue weighted by atomic mass is 9.96. The smallest absolute Gasteiger partial charge is 0.252 e. The van der Waals surface area contributed by atoms with Gasteiger partial charge in [0.15, 0.2) is 0 Å². The zero-order valence-corrected chi connectivity index (χ0v) is 15.6. The molecule has 4 rings (SSSR count). The summed E-state index contributed by atoms with van der Waals surface area (Å²) in [4.78, 5) is 23.5. The number of hydrogen-bond acceptors (Lipinski definition) is 5. The first-order valence-electron chi connectivity index (χ1n) is 9.16. The zero-order chi connectivity index (χ0) is 18.8. The van der Waals surface area contributed by atoms with Crippen LogP contribution >= 0.6 is 0 Å². The maximum absolute atomic E-state index is 12.8. The fraction of sp³-hybridized carbons (Fsp3) is 0.286. The number of carbonyl (C=O) groups is 1. The van der Waals surface area contributed by atoms with Gasteiger partial charge in [-0.2, -0.15) is 0 Å². The molecule has 0 bridgehead atoms. The molecule has 0 radical (unpaired) electrons. The molecule has 0 unspecified atom stereocenters. The molecule has 1 amide bonds. The van der Waals surface area contributed by atoms with Gasteiger partial charge >= 0.3 is 0 Å². The molecule has 2 aromatic carbocycles. The van der Waals surface area contributed by atoms with Gasteiger partial charge < -0.3 is 15.5 Å². The number of anilines is 1. The first-order chi connectivity index (χ1) is 13.1. The molecule has 1 aromatic heterocycles. The minimum Gasteiger partial charge on any atom is -0.348 e. The van der Waals surface area contributed by atoms with E-state index in [1.807, 2.05) is 67.8 Å². The molecular weight excluding hydrogens is 338 g/mol. The van der Waals surface area contributed by atoms with Gasteiger partial charge in [-0.25, -0.2) is 9.97 Å². The number of amides is 1. The molecule has 27 heavy (non-hydrogen) atoms. The fourth-order valence-electron chi connectivity index (χ4n) is 3.48. The van der Waals surface area contributed by atoms with Crippen LogP contribution in [0.4, 0.5) is 5.95 Å². The van der Waals surface area contributed by atoms with Crippen molar-refractivity contribution in [1.29, 1.82) is 0 Å². The van der Waals surface area contributed by atoms with Crippen molar-refractivity contribution in [3.8, 4) is 11.1 Å². The Morgan fingerprint density at radius 1 is 1.11 bits per heavy atom. The van der Waals surface area contributed by atoms with Crippen molar-refractivity contribution in [2.45, 2.75) is 12.5 Å². The Bertz CT molecular complexity index is 962. The van der Waals surface area contributed by atoms with Crippen molar-refractivity contribution in [2.75, 3.05) is 32.1 Å². The largest absolute Gasteiger partial charge is 0.348 e. The molecule has 6 heteroatoms. The Balaban J connectivity index is 1.72. The van der Waals surface area contributed by atoms with Crippen molar-refractivity contribution >= 4 is 22.6 Å². The Kier molecular flexibility index (Phi) is 4.73. The molecule has 0 spiro atoms. The van der Waals surface area contributed by atoms with E-state index in [1.165, 1.54) is 0 Å². The number of nitrogens with zero attached hydrogens (tertiary/aromatic N) is 3. The summed E-state index contributed by atoms with van der Waals surface area (Å²) in [5, 5.41) is 8.38. The number of carbonyl (C=O) groups excluding carboxylic acids is 1. The minimum atomic E-state index is -0.0225. The number of hydrogen-bond donors (Lipinski definition) is 2. The predicted octanol–water partition coefficient (Wildman–Crippen LogP) is 2.45. The van der Waals surface area contributed by atoms with Crippen molar-refractivity contribution in [3.63, 3.8) is 0 Å². The predicted molar refractivity (Wildman–Crippen MR) is 108 cm³/mol. The van der Waals surface area contributed by atoms with E-state index in [0.29, 0.717) is 11.5 Å². The van der Waals surface area contributed by atoms with Gasteiger partial charge in [-0.05, 0) is 35.4 Å². The highest BCUT2D eigenvalue weighted by molar-refractivity contribution is 6.11. The Morgan fingerprint density at radius 3 is 2.52 bits per heavy atom. The van der Waals surface area contributed by atoms with Crippen LogP contribution in [0.3, 0.4) is 0 Å². The first-order valence-corrected chi connectivity index (χ1v) is 9.16. The first kappa shape index (κ1) is 17.4. The number of aromatic nitrogens is 2. The Hall–Kier alpha value is -2.99. The van der Waals surface area contributed by atoms with Crippen LogP contribution < -0.4 is 15.5 Å². The second-order valence-electron chi connectivity index (χ2n) is 7.04. The number of fused-ring (bicyclic) bond motifs is 1. The molecule has 1 atom stereocenters.